The Kier molecular flexibility index (Phi) is 7.67. The largest absolute Gasteiger partial charge is 0.443 e. The van der Waals surface area contributed by atoms with Gasteiger partial charge in [-0.15, -0.1) is 0 Å². The molecule has 0 aliphatic rings. The van der Waals surface area contributed by atoms with Crippen molar-refractivity contribution in [3.63, 3.8) is 0 Å². The maximum Gasteiger partial charge on any atom is 0.420 e. The standard InChI is InChI=1S/C16H27F2NO4/c1-11(8-9-12(17)18)10-19(13(20)22-15(2,3)4)14(21)23-16(5,6)7/h12H,1,8-10H2,2-7H3. The van der Waals surface area contributed by atoms with E-state index in [0.29, 0.717) is 5.57 Å². The van der Waals surface area contributed by atoms with Crippen LogP contribution in [0.4, 0.5) is 18.4 Å². The van der Waals surface area contributed by atoms with Crippen LogP contribution in [0.3, 0.4) is 0 Å². The van der Waals surface area contributed by atoms with Gasteiger partial charge < -0.3 is 9.47 Å². The maximum atomic E-state index is 12.3. The molecule has 0 rings (SSSR count). The van der Waals surface area contributed by atoms with E-state index in [1.54, 1.807) is 41.5 Å². The van der Waals surface area contributed by atoms with Crippen molar-refractivity contribution in [1.82, 2.24) is 4.90 Å². The van der Waals surface area contributed by atoms with Crippen molar-refractivity contribution in [3.05, 3.63) is 12.2 Å². The highest BCUT2D eigenvalue weighted by Crippen LogP contribution is 2.17. The van der Waals surface area contributed by atoms with Crippen LogP contribution in [0.15, 0.2) is 12.2 Å². The molecule has 0 N–H and O–H groups in total. The highest BCUT2D eigenvalue weighted by molar-refractivity contribution is 5.88. The molecule has 134 valence electrons. The van der Waals surface area contributed by atoms with Gasteiger partial charge in [0.1, 0.15) is 11.2 Å². The summed E-state index contributed by atoms with van der Waals surface area (Å²) in [4.78, 5) is 25.1. The summed E-state index contributed by atoms with van der Waals surface area (Å²) in [5.41, 5.74) is -1.29. The minimum Gasteiger partial charge on any atom is -0.443 e. The van der Waals surface area contributed by atoms with Gasteiger partial charge in [-0.25, -0.2) is 23.3 Å². The van der Waals surface area contributed by atoms with Crippen LogP contribution in [0.1, 0.15) is 54.4 Å². The molecule has 0 bridgehead atoms. The van der Waals surface area contributed by atoms with Crippen molar-refractivity contribution in [3.8, 4) is 0 Å². The Balaban J connectivity index is 5.03. The molecule has 0 aromatic heterocycles. The number of imide groups is 1. The van der Waals surface area contributed by atoms with E-state index >= 15 is 0 Å². The molecule has 0 heterocycles. The topological polar surface area (TPSA) is 55.8 Å². The van der Waals surface area contributed by atoms with Crippen LogP contribution in [0, 0.1) is 0 Å². The van der Waals surface area contributed by atoms with Crippen LogP contribution in [-0.4, -0.2) is 41.3 Å². The number of hydrogen-bond acceptors (Lipinski definition) is 4. The van der Waals surface area contributed by atoms with Crippen LogP contribution in [0.5, 0.6) is 0 Å². The van der Waals surface area contributed by atoms with Gasteiger partial charge in [0, 0.05) is 6.42 Å². The van der Waals surface area contributed by atoms with E-state index in [9.17, 15) is 18.4 Å². The molecule has 0 aromatic carbocycles. The molecule has 0 saturated carbocycles. The number of rotatable bonds is 5. The highest BCUT2D eigenvalue weighted by Gasteiger charge is 2.31. The summed E-state index contributed by atoms with van der Waals surface area (Å²) in [6, 6.07) is 0. The molecular weight excluding hydrogens is 308 g/mol. The molecule has 0 spiro atoms. The minimum atomic E-state index is -2.47. The number of amides is 2. The number of ether oxygens (including phenoxy) is 2. The second kappa shape index (κ2) is 8.26. The van der Waals surface area contributed by atoms with Gasteiger partial charge in [0.05, 0.1) is 6.54 Å². The molecule has 0 fully saturated rings. The van der Waals surface area contributed by atoms with Crippen LogP contribution in [-0.2, 0) is 9.47 Å². The molecule has 0 saturated heterocycles. The number of nitrogens with zero attached hydrogens (tertiary/aromatic N) is 1. The Labute approximate surface area is 136 Å². The Hall–Kier alpha value is -1.66. The maximum absolute atomic E-state index is 12.3. The predicted molar refractivity (Wildman–Crippen MR) is 83.6 cm³/mol. The first-order valence-corrected chi connectivity index (χ1v) is 7.39. The van der Waals surface area contributed by atoms with Crippen LogP contribution < -0.4 is 0 Å². The van der Waals surface area contributed by atoms with Crippen LogP contribution in [0.2, 0.25) is 0 Å². The number of halogens is 2. The fraction of sp³-hybridized carbons (Fsp3) is 0.750. The van der Waals surface area contributed by atoms with Crippen LogP contribution in [0.25, 0.3) is 0 Å². The number of alkyl halides is 2. The third kappa shape index (κ3) is 10.7. The summed E-state index contributed by atoms with van der Waals surface area (Å²) in [6.45, 7) is 13.3. The number of carbonyl (C=O) groups excluding carboxylic acids is 2. The lowest BCUT2D eigenvalue weighted by Gasteiger charge is -2.29. The second-order valence-electron chi connectivity index (χ2n) is 7.23. The lowest BCUT2D eigenvalue weighted by Crippen LogP contribution is -2.44. The monoisotopic (exact) mass is 335 g/mol. The van der Waals surface area contributed by atoms with Gasteiger partial charge >= 0.3 is 12.2 Å². The van der Waals surface area contributed by atoms with E-state index in [-0.39, 0.29) is 19.4 Å². The smallest absolute Gasteiger partial charge is 0.420 e. The zero-order valence-electron chi connectivity index (χ0n) is 14.7. The van der Waals surface area contributed by atoms with Crippen molar-refractivity contribution in [1.29, 1.82) is 0 Å². The van der Waals surface area contributed by atoms with Gasteiger partial charge in [0.15, 0.2) is 0 Å². The molecule has 23 heavy (non-hydrogen) atoms. The summed E-state index contributed by atoms with van der Waals surface area (Å²) in [5, 5.41) is 0. The zero-order valence-corrected chi connectivity index (χ0v) is 14.7. The predicted octanol–water partition coefficient (Wildman–Crippen LogP) is 4.76. The van der Waals surface area contributed by atoms with E-state index in [0.717, 1.165) is 4.90 Å². The summed E-state index contributed by atoms with van der Waals surface area (Å²) >= 11 is 0. The van der Waals surface area contributed by atoms with E-state index in [1.165, 1.54) is 0 Å². The fourth-order valence-electron chi connectivity index (χ4n) is 1.45. The van der Waals surface area contributed by atoms with Crippen molar-refractivity contribution < 1.29 is 27.8 Å². The molecular formula is C16H27F2NO4. The van der Waals surface area contributed by atoms with Crippen LogP contribution >= 0.6 is 0 Å². The molecule has 0 atom stereocenters. The van der Waals surface area contributed by atoms with Crippen molar-refractivity contribution in [2.24, 2.45) is 0 Å². The Bertz CT molecular complexity index is 408. The average Bonchev–Trinajstić information content (AvgIpc) is 2.28. The molecule has 0 radical (unpaired) electrons. The molecule has 7 heteroatoms. The SMILES string of the molecule is C=C(CCC(F)F)CN(C(=O)OC(C)(C)C)C(=O)OC(C)(C)C. The van der Waals surface area contributed by atoms with Gasteiger partial charge in [-0.3, -0.25) is 0 Å². The van der Waals surface area contributed by atoms with Gasteiger partial charge in [0.2, 0.25) is 6.43 Å². The highest BCUT2D eigenvalue weighted by atomic mass is 19.3. The average molecular weight is 335 g/mol. The summed E-state index contributed by atoms with van der Waals surface area (Å²) in [7, 11) is 0. The molecule has 0 aliphatic carbocycles. The summed E-state index contributed by atoms with van der Waals surface area (Å²) in [5.74, 6) is 0. The Morgan fingerprint density at radius 1 is 1.00 bits per heavy atom. The lowest BCUT2D eigenvalue weighted by atomic mass is 10.1. The molecule has 2 amide bonds. The number of carbonyl (C=O) groups is 2. The first-order valence-electron chi connectivity index (χ1n) is 7.39. The van der Waals surface area contributed by atoms with E-state index in [2.05, 4.69) is 6.58 Å². The zero-order chi connectivity index (χ0) is 18.4. The lowest BCUT2D eigenvalue weighted by molar-refractivity contribution is 0.00308. The van der Waals surface area contributed by atoms with Gasteiger partial charge in [-0.05, 0) is 48.0 Å². The van der Waals surface area contributed by atoms with Gasteiger partial charge in [-0.1, -0.05) is 12.2 Å². The fourth-order valence-corrected chi connectivity index (χ4v) is 1.45. The van der Waals surface area contributed by atoms with Gasteiger partial charge in [0.25, 0.3) is 0 Å². The number of hydrogen-bond donors (Lipinski definition) is 0. The normalized spacial score (nSPS) is 12.0. The summed E-state index contributed by atoms with van der Waals surface area (Å²) in [6.07, 6.45) is -4.65. The van der Waals surface area contributed by atoms with E-state index in [1.807, 2.05) is 0 Å². The Morgan fingerprint density at radius 2 is 1.39 bits per heavy atom. The molecule has 0 unspecified atom stereocenters. The second-order valence-corrected chi connectivity index (χ2v) is 7.23. The third-order valence-electron chi connectivity index (χ3n) is 2.33. The first-order chi connectivity index (χ1) is 10.2. The van der Waals surface area contributed by atoms with Gasteiger partial charge in [-0.2, -0.15) is 0 Å². The quantitative estimate of drug-likeness (QED) is 0.680. The van der Waals surface area contributed by atoms with Crippen molar-refractivity contribution >= 4 is 12.2 Å². The first kappa shape index (κ1) is 21.3. The van der Waals surface area contributed by atoms with Crippen molar-refractivity contribution in [2.75, 3.05) is 6.54 Å². The third-order valence-corrected chi connectivity index (χ3v) is 2.33. The minimum absolute atomic E-state index is 0.000236. The van der Waals surface area contributed by atoms with E-state index < -0.39 is 29.8 Å². The molecule has 0 aromatic rings. The molecule has 0 aliphatic heterocycles. The summed E-state index contributed by atoms with van der Waals surface area (Å²) < 4.78 is 34.8. The Morgan fingerprint density at radius 3 is 1.70 bits per heavy atom. The molecule has 5 nitrogen and oxygen atoms in total. The van der Waals surface area contributed by atoms with Crippen molar-refractivity contribution in [2.45, 2.75) is 72.0 Å². The van der Waals surface area contributed by atoms with E-state index in [4.69, 9.17) is 9.47 Å².